The number of amides is 1. The fourth-order valence-corrected chi connectivity index (χ4v) is 2.56. The molecule has 3 rings (SSSR count). The van der Waals surface area contributed by atoms with Gasteiger partial charge in [0.2, 0.25) is 5.95 Å². The lowest BCUT2D eigenvalue weighted by molar-refractivity contribution is 0.0953. The van der Waals surface area contributed by atoms with Crippen molar-refractivity contribution in [2.45, 2.75) is 13.0 Å². The average Bonchev–Trinajstić information content (AvgIpc) is 2.69. The molecule has 0 aliphatic rings. The first-order chi connectivity index (χ1) is 13.1. The SMILES string of the molecule is O=C(NCCc1ccccc1F)c1cnc(NCc2ccc(Cl)cc2)nc1. The number of benzene rings is 2. The molecular weight excluding hydrogens is 367 g/mol. The van der Waals surface area contributed by atoms with Gasteiger partial charge in [-0.05, 0) is 35.7 Å². The summed E-state index contributed by atoms with van der Waals surface area (Å²) in [4.78, 5) is 20.4. The molecule has 0 radical (unpaired) electrons. The highest BCUT2D eigenvalue weighted by Crippen LogP contribution is 2.11. The van der Waals surface area contributed by atoms with Crippen molar-refractivity contribution in [1.82, 2.24) is 15.3 Å². The van der Waals surface area contributed by atoms with Crippen LogP contribution in [0.1, 0.15) is 21.5 Å². The quantitative estimate of drug-likeness (QED) is 0.649. The summed E-state index contributed by atoms with van der Waals surface area (Å²) in [7, 11) is 0. The van der Waals surface area contributed by atoms with Gasteiger partial charge < -0.3 is 10.6 Å². The molecule has 138 valence electrons. The molecule has 3 aromatic rings. The molecule has 0 aliphatic carbocycles. The van der Waals surface area contributed by atoms with Crippen molar-refractivity contribution < 1.29 is 9.18 Å². The van der Waals surface area contributed by atoms with Crippen molar-refractivity contribution in [3.05, 3.63) is 88.5 Å². The molecule has 1 aromatic heterocycles. The van der Waals surface area contributed by atoms with E-state index in [1.807, 2.05) is 24.3 Å². The van der Waals surface area contributed by atoms with E-state index < -0.39 is 0 Å². The van der Waals surface area contributed by atoms with Crippen LogP contribution in [0.25, 0.3) is 0 Å². The van der Waals surface area contributed by atoms with Crippen LogP contribution in [0.4, 0.5) is 10.3 Å². The zero-order chi connectivity index (χ0) is 19.1. The van der Waals surface area contributed by atoms with Crippen molar-refractivity contribution in [1.29, 1.82) is 0 Å². The third-order valence-corrected chi connectivity index (χ3v) is 4.17. The summed E-state index contributed by atoms with van der Waals surface area (Å²) in [5, 5.41) is 6.50. The molecule has 0 spiro atoms. The zero-order valence-corrected chi connectivity index (χ0v) is 15.2. The van der Waals surface area contributed by atoms with E-state index >= 15 is 0 Å². The summed E-state index contributed by atoms with van der Waals surface area (Å²) < 4.78 is 13.6. The molecule has 5 nitrogen and oxygen atoms in total. The van der Waals surface area contributed by atoms with Crippen LogP contribution in [0, 0.1) is 5.82 Å². The van der Waals surface area contributed by atoms with Crippen molar-refractivity contribution in [2.24, 2.45) is 0 Å². The third kappa shape index (κ3) is 5.49. The van der Waals surface area contributed by atoms with Crippen molar-refractivity contribution in [2.75, 3.05) is 11.9 Å². The maximum absolute atomic E-state index is 13.6. The normalized spacial score (nSPS) is 10.4. The molecule has 0 bridgehead atoms. The first-order valence-corrected chi connectivity index (χ1v) is 8.81. The number of carbonyl (C=O) groups excluding carboxylic acids is 1. The number of halogens is 2. The molecule has 7 heteroatoms. The average molecular weight is 385 g/mol. The van der Waals surface area contributed by atoms with E-state index in [2.05, 4.69) is 20.6 Å². The Balaban J connectivity index is 1.48. The fourth-order valence-electron chi connectivity index (χ4n) is 2.43. The predicted molar refractivity (Wildman–Crippen MR) is 103 cm³/mol. The van der Waals surface area contributed by atoms with E-state index in [1.54, 1.807) is 18.2 Å². The second-order valence-corrected chi connectivity index (χ2v) is 6.31. The van der Waals surface area contributed by atoms with Crippen LogP contribution in [0.5, 0.6) is 0 Å². The maximum Gasteiger partial charge on any atom is 0.254 e. The first kappa shape index (κ1) is 18.8. The first-order valence-electron chi connectivity index (χ1n) is 8.44. The minimum Gasteiger partial charge on any atom is -0.352 e. The summed E-state index contributed by atoms with van der Waals surface area (Å²) >= 11 is 5.85. The Kier molecular flexibility index (Phi) is 6.33. The number of anilines is 1. The molecule has 0 atom stereocenters. The monoisotopic (exact) mass is 384 g/mol. The summed E-state index contributed by atoms with van der Waals surface area (Å²) in [6.07, 6.45) is 3.32. The van der Waals surface area contributed by atoms with Crippen LogP contribution in [-0.2, 0) is 13.0 Å². The van der Waals surface area contributed by atoms with Gasteiger partial charge in [0, 0.05) is 30.5 Å². The number of rotatable bonds is 7. The fraction of sp³-hybridized carbons (Fsp3) is 0.150. The van der Waals surface area contributed by atoms with Crippen LogP contribution in [0.3, 0.4) is 0 Å². The Bertz CT molecular complexity index is 901. The van der Waals surface area contributed by atoms with Crippen LogP contribution in [0.2, 0.25) is 5.02 Å². The molecule has 2 aromatic carbocycles. The molecule has 0 saturated carbocycles. The lowest BCUT2D eigenvalue weighted by Crippen LogP contribution is -2.26. The Morgan fingerprint density at radius 2 is 1.74 bits per heavy atom. The standard InChI is InChI=1S/C20H18ClFN4O/c21-17-7-5-14(6-8-17)11-24-20-25-12-16(13-26-20)19(27)23-10-9-15-3-1-2-4-18(15)22/h1-8,12-13H,9-11H2,(H,23,27)(H,24,25,26). The zero-order valence-electron chi connectivity index (χ0n) is 14.5. The molecule has 0 fully saturated rings. The highest BCUT2D eigenvalue weighted by atomic mass is 35.5. The number of hydrogen-bond acceptors (Lipinski definition) is 4. The van der Waals surface area contributed by atoms with Crippen molar-refractivity contribution in [3.8, 4) is 0 Å². The van der Waals surface area contributed by atoms with Gasteiger partial charge in [-0.15, -0.1) is 0 Å². The molecule has 0 aliphatic heterocycles. The van der Waals surface area contributed by atoms with Gasteiger partial charge in [0.05, 0.1) is 5.56 Å². The van der Waals surface area contributed by atoms with Crippen molar-refractivity contribution in [3.63, 3.8) is 0 Å². The van der Waals surface area contributed by atoms with E-state index in [0.29, 0.717) is 41.6 Å². The van der Waals surface area contributed by atoms with Crippen LogP contribution in [0.15, 0.2) is 60.9 Å². The molecule has 27 heavy (non-hydrogen) atoms. The summed E-state index contributed by atoms with van der Waals surface area (Å²) in [5.41, 5.74) is 1.95. The smallest absolute Gasteiger partial charge is 0.254 e. The van der Waals surface area contributed by atoms with E-state index in [9.17, 15) is 9.18 Å². The molecular formula is C20H18ClFN4O. The molecule has 1 amide bonds. The number of nitrogens with one attached hydrogen (secondary N) is 2. The Hall–Kier alpha value is -2.99. The summed E-state index contributed by atoms with van der Waals surface area (Å²) in [6, 6.07) is 14.0. The van der Waals surface area contributed by atoms with Crippen LogP contribution in [-0.4, -0.2) is 22.4 Å². The highest BCUT2D eigenvalue weighted by Gasteiger charge is 2.08. The number of hydrogen-bond donors (Lipinski definition) is 2. The van der Waals surface area contributed by atoms with Gasteiger partial charge in [0.1, 0.15) is 5.82 Å². The van der Waals surface area contributed by atoms with E-state index in [-0.39, 0.29) is 11.7 Å². The third-order valence-electron chi connectivity index (χ3n) is 3.92. The molecule has 1 heterocycles. The number of aromatic nitrogens is 2. The second-order valence-electron chi connectivity index (χ2n) is 5.87. The predicted octanol–water partition coefficient (Wildman–Crippen LogP) is 3.85. The Morgan fingerprint density at radius 3 is 2.44 bits per heavy atom. The van der Waals surface area contributed by atoms with E-state index in [0.717, 1.165) is 5.56 Å². The lowest BCUT2D eigenvalue weighted by Gasteiger charge is -2.07. The van der Waals surface area contributed by atoms with E-state index in [1.165, 1.54) is 18.5 Å². The van der Waals surface area contributed by atoms with Gasteiger partial charge >= 0.3 is 0 Å². The minimum absolute atomic E-state index is 0.272. The summed E-state index contributed by atoms with van der Waals surface area (Å²) in [5.74, 6) is -0.144. The number of carbonyl (C=O) groups is 1. The van der Waals surface area contributed by atoms with Gasteiger partial charge in [0.25, 0.3) is 5.91 Å². The highest BCUT2D eigenvalue weighted by molar-refractivity contribution is 6.30. The summed E-state index contributed by atoms with van der Waals surface area (Å²) in [6.45, 7) is 0.877. The number of nitrogens with zero attached hydrogens (tertiary/aromatic N) is 2. The van der Waals surface area contributed by atoms with Crippen LogP contribution >= 0.6 is 11.6 Å². The van der Waals surface area contributed by atoms with Crippen molar-refractivity contribution >= 4 is 23.5 Å². The Labute approximate surface area is 161 Å². The minimum atomic E-state index is -0.296. The van der Waals surface area contributed by atoms with Gasteiger partial charge in [0.15, 0.2) is 0 Å². The molecule has 0 unspecified atom stereocenters. The van der Waals surface area contributed by atoms with Gasteiger partial charge in [-0.25, -0.2) is 14.4 Å². The van der Waals surface area contributed by atoms with Gasteiger partial charge in [-0.1, -0.05) is 41.9 Å². The molecule has 2 N–H and O–H groups in total. The second kappa shape index (κ2) is 9.09. The van der Waals surface area contributed by atoms with Crippen LogP contribution < -0.4 is 10.6 Å². The largest absolute Gasteiger partial charge is 0.352 e. The lowest BCUT2D eigenvalue weighted by atomic mass is 10.1. The molecule has 0 saturated heterocycles. The van der Waals surface area contributed by atoms with Gasteiger partial charge in [-0.3, -0.25) is 4.79 Å². The Morgan fingerprint density at radius 1 is 1.04 bits per heavy atom. The van der Waals surface area contributed by atoms with E-state index in [4.69, 9.17) is 11.6 Å². The maximum atomic E-state index is 13.6. The topological polar surface area (TPSA) is 66.9 Å². The van der Waals surface area contributed by atoms with Gasteiger partial charge in [-0.2, -0.15) is 0 Å².